The molecule has 0 bridgehead atoms. The molecule has 0 N–H and O–H groups in total. The molecule has 100 valence electrons. The molecule has 2 rings (SSSR count). The van der Waals surface area contributed by atoms with E-state index in [0.29, 0.717) is 23.4 Å². The maximum absolute atomic E-state index is 12.0. The lowest BCUT2D eigenvalue weighted by Crippen LogP contribution is -2.45. The number of ketones is 1. The molecule has 1 saturated heterocycles. The Bertz CT molecular complexity index is 523. The first-order valence-electron chi connectivity index (χ1n) is 6.09. The van der Waals surface area contributed by atoms with Gasteiger partial charge in [0.25, 0.3) is 0 Å². The van der Waals surface area contributed by atoms with Crippen LogP contribution >= 0.6 is 11.6 Å². The van der Waals surface area contributed by atoms with Crippen molar-refractivity contribution in [2.24, 2.45) is 5.92 Å². The number of rotatable bonds is 3. The lowest BCUT2D eigenvalue weighted by atomic mass is 9.97. The molecule has 4 nitrogen and oxygen atoms in total. The molecular weight excluding hydrogens is 266 g/mol. The highest BCUT2D eigenvalue weighted by Gasteiger charge is 2.31. The van der Waals surface area contributed by atoms with Gasteiger partial charge in [0.2, 0.25) is 11.8 Å². The first-order chi connectivity index (χ1) is 8.97. The highest BCUT2D eigenvalue weighted by atomic mass is 35.5. The van der Waals surface area contributed by atoms with Gasteiger partial charge in [-0.2, -0.15) is 0 Å². The summed E-state index contributed by atoms with van der Waals surface area (Å²) in [5, 5.41) is 0.454. The third-order valence-electron chi connectivity index (χ3n) is 3.10. The summed E-state index contributed by atoms with van der Waals surface area (Å²) in [6.45, 7) is 1.65. The number of carbonyl (C=O) groups is 3. The summed E-state index contributed by atoms with van der Waals surface area (Å²) in [7, 11) is 0. The molecule has 1 heterocycles. The van der Waals surface area contributed by atoms with Gasteiger partial charge in [0.15, 0.2) is 5.78 Å². The molecule has 0 unspecified atom stereocenters. The fourth-order valence-electron chi connectivity index (χ4n) is 2.10. The van der Waals surface area contributed by atoms with E-state index in [2.05, 4.69) is 0 Å². The van der Waals surface area contributed by atoms with Crippen molar-refractivity contribution in [3.8, 4) is 0 Å². The molecule has 2 amide bonds. The number of Topliss-reactive ketones (excluding diaryl/α,β-unsaturated/α-hetero) is 1. The van der Waals surface area contributed by atoms with Crippen molar-refractivity contribution in [2.45, 2.75) is 19.8 Å². The minimum Gasteiger partial charge on any atom is -0.292 e. The van der Waals surface area contributed by atoms with Crippen LogP contribution in [0.15, 0.2) is 24.3 Å². The van der Waals surface area contributed by atoms with E-state index in [1.54, 1.807) is 18.2 Å². The predicted molar refractivity (Wildman–Crippen MR) is 70.9 cm³/mol. The molecule has 0 saturated carbocycles. The van der Waals surface area contributed by atoms with Crippen molar-refractivity contribution < 1.29 is 14.4 Å². The first-order valence-corrected chi connectivity index (χ1v) is 6.47. The number of hydrogen-bond donors (Lipinski definition) is 0. The minimum atomic E-state index is -0.279. The van der Waals surface area contributed by atoms with Crippen LogP contribution in [0.25, 0.3) is 0 Å². The summed E-state index contributed by atoms with van der Waals surface area (Å²) >= 11 is 5.81. The highest BCUT2D eigenvalue weighted by molar-refractivity contribution is 6.31. The van der Waals surface area contributed by atoms with E-state index in [4.69, 9.17) is 11.6 Å². The second kappa shape index (κ2) is 5.53. The second-order valence-corrected chi connectivity index (χ2v) is 5.26. The minimum absolute atomic E-state index is 0.0533. The van der Waals surface area contributed by atoms with Gasteiger partial charge in [-0.25, -0.2) is 0 Å². The average Bonchev–Trinajstić information content (AvgIpc) is 2.33. The molecule has 1 aromatic carbocycles. The van der Waals surface area contributed by atoms with Crippen molar-refractivity contribution in [3.05, 3.63) is 34.9 Å². The topological polar surface area (TPSA) is 54.5 Å². The van der Waals surface area contributed by atoms with Crippen LogP contribution in [-0.4, -0.2) is 29.0 Å². The third kappa shape index (κ3) is 3.20. The van der Waals surface area contributed by atoms with E-state index < -0.39 is 0 Å². The van der Waals surface area contributed by atoms with Crippen molar-refractivity contribution in [3.63, 3.8) is 0 Å². The average molecular weight is 280 g/mol. The smallest absolute Gasteiger partial charge is 0.229 e. The van der Waals surface area contributed by atoms with Gasteiger partial charge in [-0.1, -0.05) is 30.7 Å². The van der Waals surface area contributed by atoms with Crippen molar-refractivity contribution in [2.75, 3.05) is 6.54 Å². The summed E-state index contributed by atoms with van der Waals surface area (Å²) in [5.74, 6) is -0.783. The summed E-state index contributed by atoms with van der Waals surface area (Å²) in [6.07, 6.45) is 0.628. The van der Waals surface area contributed by atoms with Crippen LogP contribution in [0.4, 0.5) is 0 Å². The quantitative estimate of drug-likeness (QED) is 0.630. The lowest BCUT2D eigenvalue weighted by Gasteiger charge is -2.27. The zero-order chi connectivity index (χ0) is 14.0. The molecule has 0 radical (unpaired) electrons. The van der Waals surface area contributed by atoms with Crippen LogP contribution in [-0.2, 0) is 9.59 Å². The molecule has 1 fully saturated rings. The molecule has 0 atom stereocenters. The number of amides is 2. The van der Waals surface area contributed by atoms with E-state index in [1.165, 1.54) is 6.07 Å². The lowest BCUT2D eigenvalue weighted by molar-refractivity contribution is -0.149. The predicted octanol–water partition coefficient (Wildman–Crippen LogP) is 2.31. The Labute approximate surface area is 116 Å². The Morgan fingerprint density at radius 1 is 1.32 bits per heavy atom. The Kier molecular flexibility index (Phi) is 4.00. The van der Waals surface area contributed by atoms with Gasteiger partial charge < -0.3 is 0 Å². The van der Waals surface area contributed by atoms with Gasteiger partial charge in [-0.3, -0.25) is 19.3 Å². The Balaban J connectivity index is 2.10. The van der Waals surface area contributed by atoms with Crippen molar-refractivity contribution >= 4 is 29.2 Å². The fraction of sp³-hybridized carbons (Fsp3) is 0.357. The summed E-state index contributed by atoms with van der Waals surface area (Å²) in [4.78, 5) is 36.6. The van der Waals surface area contributed by atoms with Gasteiger partial charge in [0, 0.05) is 23.4 Å². The number of carbonyl (C=O) groups excluding carboxylic acids is 3. The number of nitrogens with zero attached hydrogens (tertiary/aromatic N) is 1. The van der Waals surface area contributed by atoms with Crippen LogP contribution in [0.1, 0.15) is 30.1 Å². The van der Waals surface area contributed by atoms with Crippen LogP contribution in [0.5, 0.6) is 0 Å². The van der Waals surface area contributed by atoms with E-state index in [0.717, 1.165) is 4.90 Å². The zero-order valence-electron chi connectivity index (χ0n) is 10.6. The monoisotopic (exact) mass is 279 g/mol. The van der Waals surface area contributed by atoms with E-state index >= 15 is 0 Å². The number of imide groups is 1. The van der Waals surface area contributed by atoms with Gasteiger partial charge in [-0.15, -0.1) is 0 Å². The fourth-order valence-corrected chi connectivity index (χ4v) is 2.29. The van der Waals surface area contributed by atoms with Crippen LogP contribution in [0.2, 0.25) is 5.02 Å². The molecule has 1 aromatic rings. The summed E-state index contributed by atoms with van der Waals surface area (Å²) in [6, 6.07) is 6.48. The Morgan fingerprint density at radius 2 is 1.95 bits per heavy atom. The maximum Gasteiger partial charge on any atom is 0.229 e. The largest absolute Gasteiger partial charge is 0.292 e. The number of halogens is 1. The SMILES string of the molecule is CC1CC(=O)N(CC(=O)c2cccc(Cl)c2)C(=O)C1. The first kappa shape index (κ1) is 13.7. The van der Waals surface area contributed by atoms with E-state index in [1.807, 2.05) is 6.92 Å². The van der Waals surface area contributed by atoms with Crippen LogP contribution < -0.4 is 0 Å². The van der Waals surface area contributed by atoms with E-state index in [9.17, 15) is 14.4 Å². The molecule has 5 heteroatoms. The zero-order valence-corrected chi connectivity index (χ0v) is 11.3. The normalized spacial score (nSPS) is 16.8. The molecule has 19 heavy (non-hydrogen) atoms. The number of benzene rings is 1. The highest BCUT2D eigenvalue weighted by Crippen LogP contribution is 2.19. The molecule has 0 aliphatic carbocycles. The van der Waals surface area contributed by atoms with Gasteiger partial charge in [0.1, 0.15) is 0 Å². The standard InChI is InChI=1S/C14H14ClNO3/c1-9-5-13(18)16(14(19)6-9)8-12(17)10-3-2-4-11(15)7-10/h2-4,7,9H,5-6,8H2,1H3. The van der Waals surface area contributed by atoms with Crippen LogP contribution in [0, 0.1) is 5.92 Å². The Hall–Kier alpha value is -1.68. The van der Waals surface area contributed by atoms with Gasteiger partial charge in [0.05, 0.1) is 6.54 Å². The van der Waals surface area contributed by atoms with Gasteiger partial charge >= 0.3 is 0 Å². The maximum atomic E-state index is 12.0. The number of piperidine rings is 1. The summed E-state index contributed by atoms with van der Waals surface area (Å²) < 4.78 is 0. The van der Waals surface area contributed by atoms with Crippen molar-refractivity contribution in [1.29, 1.82) is 0 Å². The van der Waals surface area contributed by atoms with Crippen molar-refractivity contribution in [1.82, 2.24) is 4.90 Å². The molecule has 0 aromatic heterocycles. The second-order valence-electron chi connectivity index (χ2n) is 4.82. The number of hydrogen-bond acceptors (Lipinski definition) is 3. The molecular formula is C14H14ClNO3. The summed E-state index contributed by atoms with van der Waals surface area (Å²) in [5.41, 5.74) is 0.409. The third-order valence-corrected chi connectivity index (χ3v) is 3.33. The van der Waals surface area contributed by atoms with E-state index in [-0.39, 0.29) is 30.1 Å². The van der Waals surface area contributed by atoms with Gasteiger partial charge in [-0.05, 0) is 18.1 Å². The Morgan fingerprint density at radius 3 is 2.53 bits per heavy atom. The number of likely N-dealkylation sites (tertiary alicyclic amines) is 1. The van der Waals surface area contributed by atoms with Crippen LogP contribution in [0.3, 0.4) is 0 Å². The molecule has 1 aliphatic rings. The molecule has 0 spiro atoms. The molecule has 1 aliphatic heterocycles.